The van der Waals surface area contributed by atoms with E-state index < -0.39 is 36.2 Å². The monoisotopic (exact) mass is 509 g/mol. The third kappa shape index (κ3) is 9.60. The highest BCUT2D eigenvalue weighted by molar-refractivity contribution is 7.89. The van der Waals surface area contributed by atoms with E-state index in [1.54, 1.807) is 38.1 Å². The SMILES string of the molecule is CC(C)C(NS(=O)(=O)CCCCc1ccccc1)O[P+](=O)CC(C(=O)O)c1cccc(CN)c1. The summed E-state index contributed by atoms with van der Waals surface area (Å²) < 4.78 is 45.8. The van der Waals surface area contributed by atoms with Gasteiger partial charge in [0.15, 0.2) is 12.4 Å². The summed E-state index contributed by atoms with van der Waals surface area (Å²) in [6.45, 7) is 3.74. The topological polar surface area (TPSA) is 136 Å². The smallest absolute Gasteiger partial charge is 0.481 e. The van der Waals surface area contributed by atoms with Crippen LogP contribution >= 0.6 is 8.03 Å². The molecule has 0 aromatic heterocycles. The average molecular weight is 510 g/mol. The van der Waals surface area contributed by atoms with Crippen molar-refractivity contribution in [2.24, 2.45) is 11.7 Å². The van der Waals surface area contributed by atoms with Crippen LogP contribution in [0.25, 0.3) is 0 Å². The molecule has 0 radical (unpaired) electrons. The van der Waals surface area contributed by atoms with E-state index in [1.165, 1.54) is 0 Å². The highest BCUT2D eigenvalue weighted by Crippen LogP contribution is 2.34. The molecule has 34 heavy (non-hydrogen) atoms. The minimum Gasteiger partial charge on any atom is -0.481 e. The summed E-state index contributed by atoms with van der Waals surface area (Å²) in [5, 5.41) is 9.64. The molecule has 8 nitrogen and oxygen atoms in total. The molecule has 10 heteroatoms. The number of carbonyl (C=O) groups is 1. The van der Waals surface area contributed by atoms with Crippen molar-refractivity contribution in [2.45, 2.75) is 51.8 Å². The molecule has 0 amide bonds. The van der Waals surface area contributed by atoms with Crippen LogP contribution in [0.3, 0.4) is 0 Å². The number of carboxylic acids is 1. The first kappa shape index (κ1) is 28.1. The molecule has 0 aliphatic rings. The Morgan fingerprint density at radius 3 is 2.38 bits per heavy atom. The predicted molar refractivity (Wildman–Crippen MR) is 133 cm³/mol. The van der Waals surface area contributed by atoms with Gasteiger partial charge in [0, 0.05) is 6.54 Å². The van der Waals surface area contributed by atoms with Crippen LogP contribution in [0.15, 0.2) is 54.6 Å². The van der Waals surface area contributed by atoms with Gasteiger partial charge in [-0.05, 0) is 46.4 Å². The van der Waals surface area contributed by atoms with Crippen LogP contribution in [0.4, 0.5) is 0 Å². The second-order valence-corrected chi connectivity index (χ2v) is 11.6. The van der Waals surface area contributed by atoms with Crippen LogP contribution in [-0.4, -0.2) is 37.6 Å². The molecular weight excluding hydrogens is 475 g/mol. The van der Waals surface area contributed by atoms with Crippen LogP contribution in [0.1, 0.15) is 49.3 Å². The second-order valence-electron chi connectivity index (χ2n) is 8.50. The van der Waals surface area contributed by atoms with Crippen molar-refractivity contribution in [3.63, 3.8) is 0 Å². The molecule has 2 aromatic carbocycles. The zero-order valence-corrected chi connectivity index (χ0v) is 21.3. The van der Waals surface area contributed by atoms with E-state index in [0.29, 0.717) is 18.4 Å². The maximum Gasteiger partial charge on any atom is 0.511 e. The van der Waals surface area contributed by atoms with E-state index in [2.05, 4.69) is 4.72 Å². The summed E-state index contributed by atoms with van der Waals surface area (Å²) in [6, 6.07) is 16.6. The van der Waals surface area contributed by atoms with Crippen molar-refractivity contribution in [2.75, 3.05) is 11.9 Å². The standard InChI is InChI=1S/C24H33N2O6PS/c1-18(2)23(26-34(30,31)14-7-6-11-19-9-4-3-5-10-19)32-33(29)17-22(24(27)28)21-13-8-12-20(15-21)16-25/h3-5,8-10,12-13,15,18,22-23,26H,6-7,11,14,16-17,25H2,1-2H3/p+1. The van der Waals surface area contributed by atoms with E-state index in [9.17, 15) is 22.9 Å². The van der Waals surface area contributed by atoms with Crippen LogP contribution in [0.2, 0.25) is 0 Å². The van der Waals surface area contributed by atoms with Gasteiger partial charge >= 0.3 is 14.0 Å². The number of hydrogen-bond acceptors (Lipinski definition) is 6. The highest BCUT2D eigenvalue weighted by Gasteiger charge is 2.36. The van der Waals surface area contributed by atoms with Gasteiger partial charge in [0.05, 0.1) is 5.75 Å². The molecule has 0 heterocycles. The Kier molecular flexibility index (Phi) is 11.3. The number of nitrogens with two attached hydrogens (primary N) is 1. The lowest BCUT2D eigenvalue weighted by Crippen LogP contribution is -2.40. The summed E-state index contributed by atoms with van der Waals surface area (Å²) in [4.78, 5) is 11.8. The predicted octanol–water partition coefficient (Wildman–Crippen LogP) is 4.00. The van der Waals surface area contributed by atoms with Crippen LogP contribution in [0, 0.1) is 5.92 Å². The summed E-state index contributed by atoms with van der Waals surface area (Å²) >= 11 is 0. The van der Waals surface area contributed by atoms with Crippen molar-refractivity contribution in [3.05, 3.63) is 71.3 Å². The van der Waals surface area contributed by atoms with E-state index in [-0.39, 0.29) is 24.4 Å². The van der Waals surface area contributed by atoms with Gasteiger partial charge in [-0.3, -0.25) is 4.79 Å². The lowest BCUT2D eigenvalue weighted by atomic mass is 9.99. The number of carboxylic acid groups (broad SMARTS) is 1. The van der Waals surface area contributed by atoms with Crippen LogP contribution in [-0.2, 0) is 36.9 Å². The molecule has 4 N–H and O–H groups in total. The largest absolute Gasteiger partial charge is 0.511 e. The van der Waals surface area contributed by atoms with Gasteiger partial charge in [-0.2, -0.15) is 4.72 Å². The summed E-state index contributed by atoms with van der Waals surface area (Å²) in [7, 11) is -6.12. The fourth-order valence-corrected chi connectivity index (χ4v) is 6.11. The molecule has 0 spiro atoms. The molecular formula is C24H34N2O6PS+. The van der Waals surface area contributed by atoms with Gasteiger partial charge in [-0.25, -0.2) is 8.42 Å². The summed E-state index contributed by atoms with van der Waals surface area (Å²) in [5.41, 5.74) is 8.02. The van der Waals surface area contributed by atoms with Gasteiger partial charge in [0.2, 0.25) is 10.0 Å². The first-order valence-electron chi connectivity index (χ1n) is 11.3. The van der Waals surface area contributed by atoms with Crippen LogP contribution < -0.4 is 10.5 Å². The molecule has 3 atom stereocenters. The third-order valence-corrected chi connectivity index (χ3v) is 7.87. The normalized spacial score (nSPS) is 14.1. The number of benzene rings is 2. The molecule has 2 rings (SSSR count). The number of sulfonamides is 1. The average Bonchev–Trinajstić information content (AvgIpc) is 2.80. The lowest BCUT2D eigenvalue weighted by Gasteiger charge is -2.17. The number of unbranched alkanes of at least 4 members (excludes halogenated alkanes) is 1. The van der Waals surface area contributed by atoms with E-state index in [1.807, 2.05) is 30.3 Å². The van der Waals surface area contributed by atoms with Crippen molar-refractivity contribution in [3.8, 4) is 0 Å². The third-order valence-electron chi connectivity index (χ3n) is 5.32. The molecule has 0 aliphatic heterocycles. The first-order chi connectivity index (χ1) is 16.1. The zero-order chi connectivity index (χ0) is 25.1. The Hall–Kier alpha value is -2.16. The molecule has 186 valence electrons. The van der Waals surface area contributed by atoms with Crippen molar-refractivity contribution >= 4 is 24.0 Å². The molecule has 0 saturated heterocycles. The van der Waals surface area contributed by atoms with E-state index in [4.69, 9.17) is 10.3 Å². The molecule has 2 aromatic rings. The molecule has 0 bridgehead atoms. The van der Waals surface area contributed by atoms with Gasteiger partial charge in [0.1, 0.15) is 5.92 Å². The lowest BCUT2D eigenvalue weighted by molar-refractivity contribution is -0.138. The Morgan fingerprint density at radius 1 is 1.09 bits per heavy atom. The maximum absolute atomic E-state index is 12.7. The zero-order valence-electron chi connectivity index (χ0n) is 19.6. The second kappa shape index (κ2) is 13.7. The Balaban J connectivity index is 1.94. The van der Waals surface area contributed by atoms with Crippen molar-refractivity contribution in [1.82, 2.24) is 4.72 Å². The minimum absolute atomic E-state index is 0.0766. The van der Waals surface area contributed by atoms with Crippen molar-refractivity contribution < 1.29 is 27.4 Å². The Morgan fingerprint density at radius 2 is 1.76 bits per heavy atom. The number of nitrogens with one attached hydrogen (secondary N) is 1. The number of rotatable bonds is 15. The quantitative estimate of drug-likeness (QED) is 0.188. The van der Waals surface area contributed by atoms with Crippen LogP contribution in [0.5, 0.6) is 0 Å². The first-order valence-corrected chi connectivity index (χ1v) is 14.3. The fraction of sp³-hybridized carbons (Fsp3) is 0.458. The fourth-order valence-electron chi connectivity index (χ4n) is 3.36. The van der Waals surface area contributed by atoms with E-state index >= 15 is 0 Å². The molecule has 0 aliphatic carbocycles. The number of aliphatic carboxylic acids is 1. The number of hydrogen-bond donors (Lipinski definition) is 3. The summed E-state index contributed by atoms with van der Waals surface area (Å²) in [5.74, 6) is -2.58. The van der Waals surface area contributed by atoms with Gasteiger partial charge in [-0.1, -0.05) is 68.4 Å². The Labute approximate surface area is 202 Å². The highest BCUT2D eigenvalue weighted by atomic mass is 32.2. The molecule has 0 fully saturated rings. The summed E-state index contributed by atoms with van der Waals surface area (Å²) in [6.07, 6.45) is 0.677. The van der Waals surface area contributed by atoms with Gasteiger partial charge < -0.3 is 10.8 Å². The minimum atomic E-state index is -3.67. The van der Waals surface area contributed by atoms with Crippen molar-refractivity contribution in [1.29, 1.82) is 0 Å². The van der Waals surface area contributed by atoms with Gasteiger partial charge in [-0.15, -0.1) is 4.52 Å². The molecule has 3 unspecified atom stereocenters. The Bertz CT molecular complexity index is 1050. The van der Waals surface area contributed by atoms with E-state index in [0.717, 1.165) is 17.5 Å². The number of aryl methyl sites for hydroxylation is 1. The molecule has 0 saturated carbocycles. The van der Waals surface area contributed by atoms with Gasteiger partial charge in [0.25, 0.3) is 0 Å². The maximum atomic E-state index is 12.7.